The van der Waals surface area contributed by atoms with Gasteiger partial charge in [0.15, 0.2) is 0 Å². The summed E-state index contributed by atoms with van der Waals surface area (Å²) in [5.74, 6) is 0.468. The van der Waals surface area contributed by atoms with E-state index in [1.807, 2.05) is 45.0 Å². The fourth-order valence-electron chi connectivity index (χ4n) is 2.38. The Morgan fingerprint density at radius 3 is 2.44 bits per heavy atom. The highest BCUT2D eigenvalue weighted by Crippen LogP contribution is 2.34. The average Bonchev–Trinajstić information content (AvgIpc) is 2.66. The van der Waals surface area contributed by atoms with E-state index in [-0.39, 0.29) is 11.9 Å². The molecule has 2 aromatic carbocycles. The van der Waals surface area contributed by atoms with Gasteiger partial charge in [-0.25, -0.2) is 4.79 Å². The van der Waals surface area contributed by atoms with Crippen LogP contribution in [0.1, 0.15) is 19.4 Å². The van der Waals surface area contributed by atoms with Gasteiger partial charge < -0.3 is 20.7 Å². The quantitative estimate of drug-likeness (QED) is 0.774. The van der Waals surface area contributed by atoms with Crippen LogP contribution < -0.4 is 20.7 Å². The van der Waals surface area contributed by atoms with Crippen molar-refractivity contribution in [1.82, 2.24) is 0 Å². The molecule has 0 unspecified atom stereocenters. The number of anilines is 3. The molecule has 25 heavy (non-hydrogen) atoms. The maximum atomic E-state index is 12.2. The van der Waals surface area contributed by atoms with Crippen LogP contribution in [-0.2, 0) is 4.79 Å². The molecule has 1 aliphatic heterocycles. The van der Waals surface area contributed by atoms with E-state index in [1.54, 1.807) is 18.2 Å². The number of fused-ring (bicyclic) bond motifs is 1. The van der Waals surface area contributed by atoms with Gasteiger partial charge in [-0.1, -0.05) is 17.7 Å². The summed E-state index contributed by atoms with van der Waals surface area (Å²) in [5, 5.41) is 8.36. The number of aryl methyl sites for hydroxylation is 1. The molecule has 0 saturated heterocycles. The molecule has 0 radical (unpaired) electrons. The van der Waals surface area contributed by atoms with E-state index < -0.39 is 5.41 Å². The number of ether oxygens (including phenoxy) is 1. The lowest BCUT2D eigenvalue weighted by atomic mass is 9.94. The van der Waals surface area contributed by atoms with Crippen LogP contribution in [0.4, 0.5) is 21.9 Å². The van der Waals surface area contributed by atoms with Gasteiger partial charge >= 0.3 is 6.03 Å². The van der Waals surface area contributed by atoms with Crippen molar-refractivity contribution in [3.8, 4) is 5.75 Å². The predicted octanol–water partition coefficient (Wildman–Crippen LogP) is 4.00. The average molecular weight is 339 g/mol. The smallest absolute Gasteiger partial charge is 0.323 e. The molecule has 1 aliphatic rings. The molecule has 0 fully saturated rings. The van der Waals surface area contributed by atoms with Crippen LogP contribution >= 0.6 is 0 Å². The Balaban J connectivity index is 1.71. The standard InChI is InChI=1S/C19H21N3O3/c1-12-4-6-13(7-5-12)20-18(24)21-14-8-9-16-15(10-14)22-17(23)19(2,3)11-25-16/h4-10H,11H2,1-3H3,(H,22,23)(H2,20,21,24). The minimum atomic E-state index is -0.616. The number of hydrogen-bond acceptors (Lipinski definition) is 3. The highest BCUT2D eigenvalue weighted by Gasteiger charge is 2.32. The van der Waals surface area contributed by atoms with E-state index in [4.69, 9.17) is 4.74 Å². The number of carbonyl (C=O) groups is 2. The monoisotopic (exact) mass is 339 g/mol. The number of carbonyl (C=O) groups excluding carboxylic acids is 2. The van der Waals surface area contributed by atoms with Crippen molar-refractivity contribution >= 4 is 29.0 Å². The lowest BCUT2D eigenvalue weighted by Gasteiger charge is -2.18. The maximum absolute atomic E-state index is 12.2. The van der Waals surface area contributed by atoms with Gasteiger partial charge in [-0.2, -0.15) is 0 Å². The molecule has 0 aliphatic carbocycles. The van der Waals surface area contributed by atoms with Crippen LogP contribution in [0, 0.1) is 12.3 Å². The summed E-state index contributed by atoms with van der Waals surface area (Å²) < 4.78 is 5.69. The molecule has 6 heteroatoms. The first-order valence-electron chi connectivity index (χ1n) is 8.06. The van der Waals surface area contributed by atoms with Crippen molar-refractivity contribution in [3.63, 3.8) is 0 Å². The Kier molecular flexibility index (Phi) is 4.35. The number of nitrogens with one attached hydrogen (secondary N) is 3. The lowest BCUT2D eigenvalue weighted by molar-refractivity contribution is -0.124. The van der Waals surface area contributed by atoms with Crippen LogP contribution in [0.2, 0.25) is 0 Å². The first-order chi connectivity index (χ1) is 11.8. The molecule has 0 aromatic heterocycles. The van der Waals surface area contributed by atoms with Crippen molar-refractivity contribution < 1.29 is 14.3 Å². The number of rotatable bonds is 2. The molecule has 6 nitrogen and oxygen atoms in total. The van der Waals surface area contributed by atoms with E-state index in [1.165, 1.54) is 0 Å². The minimum absolute atomic E-state index is 0.118. The molecule has 130 valence electrons. The van der Waals surface area contributed by atoms with Crippen molar-refractivity contribution in [3.05, 3.63) is 48.0 Å². The van der Waals surface area contributed by atoms with E-state index in [0.29, 0.717) is 29.4 Å². The van der Waals surface area contributed by atoms with Gasteiger partial charge in [0.25, 0.3) is 0 Å². The molecule has 3 amide bonds. The largest absolute Gasteiger partial charge is 0.490 e. The molecular formula is C19H21N3O3. The SMILES string of the molecule is Cc1ccc(NC(=O)Nc2ccc3c(c2)NC(=O)C(C)(C)CO3)cc1. The molecule has 0 bridgehead atoms. The first-order valence-corrected chi connectivity index (χ1v) is 8.06. The van der Waals surface area contributed by atoms with Crippen molar-refractivity contribution in [2.45, 2.75) is 20.8 Å². The summed E-state index contributed by atoms with van der Waals surface area (Å²) in [6.45, 7) is 5.93. The van der Waals surface area contributed by atoms with E-state index in [2.05, 4.69) is 16.0 Å². The van der Waals surface area contributed by atoms with Crippen molar-refractivity contribution in [2.24, 2.45) is 5.41 Å². The van der Waals surface area contributed by atoms with Gasteiger partial charge in [0.1, 0.15) is 12.4 Å². The third-order valence-electron chi connectivity index (χ3n) is 4.00. The summed E-state index contributed by atoms with van der Waals surface area (Å²) in [7, 11) is 0. The molecule has 0 atom stereocenters. The molecule has 2 aromatic rings. The minimum Gasteiger partial charge on any atom is -0.490 e. The zero-order valence-electron chi connectivity index (χ0n) is 14.5. The fraction of sp³-hybridized carbons (Fsp3) is 0.263. The van der Waals surface area contributed by atoms with Gasteiger partial charge in [-0.3, -0.25) is 4.79 Å². The van der Waals surface area contributed by atoms with Crippen LogP contribution in [0.25, 0.3) is 0 Å². The van der Waals surface area contributed by atoms with Crippen LogP contribution in [0.5, 0.6) is 5.75 Å². The zero-order valence-corrected chi connectivity index (χ0v) is 14.5. The molecule has 0 saturated carbocycles. The van der Waals surface area contributed by atoms with Crippen LogP contribution in [-0.4, -0.2) is 18.5 Å². The second kappa shape index (κ2) is 6.47. The molecule has 1 heterocycles. The van der Waals surface area contributed by atoms with Gasteiger partial charge in [0.2, 0.25) is 5.91 Å². The van der Waals surface area contributed by atoms with Gasteiger partial charge in [-0.15, -0.1) is 0 Å². The molecule has 3 N–H and O–H groups in total. The summed E-state index contributed by atoms with van der Waals surface area (Å²) in [6, 6.07) is 12.3. The van der Waals surface area contributed by atoms with Crippen molar-refractivity contribution in [2.75, 3.05) is 22.6 Å². The Morgan fingerprint density at radius 2 is 1.72 bits per heavy atom. The third kappa shape index (κ3) is 3.91. The summed E-state index contributed by atoms with van der Waals surface area (Å²) in [6.07, 6.45) is 0. The third-order valence-corrected chi connectivity index (χ3v) is 4.00. The fourth-order valence-corrected chi connectivity index (χ4v) is 2.38. The van der Waals surface area contributed by atoms with Crippen molar-refractivity contribution in [1.29, 1.82) is 0 Å². The second-order valence-electron chi connectivity index (χ2n) is 6.78. The molecule has 3 rings (SSSR count). The predicted molar refractivity (Wildman–Crippen MR) is 98.2 cm³/mol. The highest BCUT2D eigenvalue weighted by molar-refractivity contribution is 6.01. The molecule has 0 spiro atoms. The number of hydrogen-bond donors (Lipinski definition) is 3. The Morgan fingerprint density at radius 1 is 1.08 bits per heavy atom. The summed E-state index contributed by atoms with van der Waals surface area (Å²) >= 11 is 0. The van der Waals surface area contributed by atoms with Gasteiger partial charge in [0.05, 0.1) is 11.1 Å². The Hall–Kier alpha value is -3.02. The van der Waals surface area contributed by atoms with E-state index >= 15 is 0 Å². The number of urea groups is 1. The van der Waals surface area contributed by atoms with Gasteiger partial charge in [0, 0.05) is 11.4 Å². The maximum Gasteiger partial charge on any atom is 0.323 e. The normalized spacial score (nSPS) is 15.2. The number of benzene rings is 2. The topological polar surface area (TPSA) is 79.5 Å². The second-order valence-corrected chi connectivity index (χ2v) is 6.78. The highest BCUT2D eigenvalue weighted by atomic mass is 16.5. The van der Waals surface area contributed by atoms with E-state index in [0.717, 1.165) is 5.56 Å². The Bertz CT molecular complexity index is 813. The Labute approximate surface area is 146 Å². The van der Waals surface area contributed by atoms with Gasteiger partial charge in [-0.05, 0) is 51.1 Å². The lowest BCUT2D eigenvalue weighted by Crippen LogP contribution is -2.33. The first kappa shape index (κ1) is 16.8. The van der Waals surface area contributed by atoms with E-state index in [9.17, 15) is 9.59 Å². The summed E-state index contributed by atoms with van der Waals surface area (Å²) in [5.41, 5.74) is 2.32. The zero-order chi connectivity index (χ0) is 18.0. The van der Waals surface area contributed by atoms with Crippen LogP contribution in [0.15, 0.2) is 42.5 Å². The summed E-state index contributed by atoms with van der Waals surface area (Å²) in [4.78, 5) is 24.3. The number of amides is 3. The van der Waals surface area contributed by atoms with Crippen LogP contribution in [0.3, 0.4) is 0 Å². The molecular weight excluding hydrogens is 318 g/mol.